The highest BCUT2D eigenvalue weighted by Gasteiger charge is 2.34. The summed E-state index contributed by atoms with van der Waals surface area (Å²) in [5.74, 6) is 0.699. The molecule has 0 amide bonds. The van der Waals surface area contributed by atoms with Gasteiger partial charge in [-0.05, 0) is 49.1 Å². The molecule has 1 aromatic heterocycles. The number of nitrogens with zero attached hydrogens (tertiary/aromatic N) is 3. The first-order valence-corrected chi connectivity index (χ1v) is 9.55. The molecule has 1 fully saturated rings. The fraction of sp³-hybridized carbons (Fsp3) is 0.455. The van der Waals surface area contributed by atoms with E-state index in [-0.39, 0.29) is 0 Å². The first kappa shape index (κ1) is 19.5. The molecule has 0 atom stereocenters. The predicted molar refractivity (Wildman–Crippen MR) is 108 cm³/mol. The maximum absolute atomic E-state index is 15.1. The number of aryl methyl sites for hydroxylation is 3. The van der Waals surface area contributed by atoms with Crippen molar-refractivity contribution in [2.24, 2.45) is 0 Å². The predicted octanol–water partition coefficient (Wildman–Crippen LogP) is 3.97. The molecule has 0 aliphatic carbocycles. The number of likely N-dealkylation sites (tertiary alicyclic amines) is 1. The van der Waals surface area contributed by atoms with Crippen molar-refractivity contribution in [1.29, 1.82) is 0 Å². The first-order valence-electron chi connectivity index (χ1n) is 9.55. The quantitative estimate of drug-likeness (QED) is 0.838. The van der Waals surface area contributed by atoms with Gasteiger partial charge in [0.15, 0.2) is 0 Å². The molecule has 1 saturated heterocycles. The summed E-state index contributed by atoms with van der Waals surface area (Å²) in [7, 11) is 0. The van der Waals surface area contributed by atoms with Crippen LogP contribution in [0.1, 0.15) is 40.9 Å². The zero-order valence-electron chi connectivity index (χ0n) is 16.6. The van der Waals surface area contributed by atoms with Gasteiger partial charge in [-0.15, -0.1) is 0 Å². The van der Waals surface area contributed by atoms with Crippen LogP contribution in [-0.4, -0.2) is 40.2 Å². The fourth-order valence-electron chi connectivity index (χ4n) is 3.37. The van der Waals surface area contributed by atoms with Crippen molar-refractivity contribution in [1.82, 2.24) is 20.2 Å². The minimum Gasteiger partial charge on any atom is -0.371 e. The molecule has 0 saturated carbocycles. The number of hydrogen-bond acceptors (Lipinski definition) is 4. The van der Waals surface area contributed by atoms with E-state index in [1.165, 1.54) is 11.1 Å². The summed E-state index contributed by atoms with van der Waals surface area (Å²) < 4.78 is 15.1. The molecule has 0 radical (unpaired) electrons. The van der Waals surface area contributed by atoms with E-state index < -0.39 is 5.67 Å². The van der Waals surface area contributed by atoms with Crippen LogP contribution in [0.15, 0.2) is 37.2 Å². The third-order valence-electron chi connectivity index (χ3n) is 5.44. The molecular formula is C22H29FN4. The van der Waals surface area contributed by atoms with E-state index in [9.17, 15) is 0 Å². The zero-order chi connectivity index (χ0) is 19.4. The van der Waals surface area contributed by atoms with Crippen LogP contribution in [0.5, 0.6) is 0 Å². The summed E-state index contributed by atoms with van der Waals surface area (Å²) in [6.07, 6.45) is 4.56. The lowest BCUT2D eigenvalue weighted by Gasteiger charge is -2.38. The average molecular weight is 369 g/mol. The molecular weight excluding hydrogens is 339 g/mol. The summed E-state index contributed by atoms with van der Waals surface area (Å²) in [6, 6.07) is 6.39. The molecule has 0 bridgehead atoms. The van der Waals surface area contributed by atoms with E-state index in [0.29, 0.717) is 44.8 Å². The Balaban J connectivity index is 1.50. The van der Waals surface area contributed by atoms with Gasteiger partial charge in [0.1, 0.15) is 11.5 Å². The first-order chi connectivity index (χ1) is 12.9. The molecule has 0 unspecified atom stereocenters. The molecule has 1 aliphatic rings. The topological polar surface area (TPSA) is 41.0 Å². The van der Waals surface area contributed by atoms with Crippen LogP contribution in [0.4, 0.5) is 4.39 Å². The largest absolute Gasteiger partial charge is 0.371 e. The molecule has 27 heavy (non-hydrogen) atoms. The molecule has 0 spiro atoms. The van der Waals surface area contributed by atoms with Gasteiger partial charge in [-0.25, -0.2) is 14.4 Å². The van der Waals surface area contributed by atoms with Crippen LogP contribution in [0.3, 0.4) is 0 Å². The van der Waals surface area contributed by atoms with E-state index in [1.807, 2.05) is 6.92 Å². The van der Waals surface area contributed by atoms with Gasteiger partial charge in [0.25, 0.3) is 0 Å². The maximum Gasteiger partial charge on any atom is 0.141 e. The van der Waals surface area contributed by atoms with Crippen LogP contribution in [-0.2, 0) is 6.54 Å². The number of alkyl halides is 1. The Morgan fingerprint density at radius 2 is 1.81 bits per heavy atom. The van der Waals surface area contributed by atoms with E-state index >= 15 is 4.39 Å². The van der Waals surface area contributed by atoms with Gasteiger partial charge in [-0.2, -0.15) is 0 Å². The van der Waals surface area contributed by atoms with Crippen LogP contribution in [0, 0.1) is 20.8 Å². The maximum atomic E-state index is 15.1. The van der Waals surface area contributed by atoms with E-state index in [2.05, 4.69) is 58.8 Å². The Morgan fingerprint density at radius 3 is 2.44 bits per heavy atom. The van der Waals surface area contributed by atoms with Crippen molar-refractivity contribution in [3.05, 3.63) is 65.2 Å². The molecule has 4 nitrogen and oxygen atoms in total. The third kappa shape index (κ3) is 4.92. The number of piperidine rings is 1. The van der Waals surface area contributed by atoms with Gasteiger partial charge in [0.2, 0.25) is 0 Å². The SMILES string of the molecule is C=C(c1ccc(C)c(C)c1)N1CCC(F)(CNCc2ncc(C)cn2)CC1. The Kier molecular flexibility index (Phi) is 5.90. The lowest BCUT2D eigenvalue weighted by atomic mass is 9.92. The van der Waals surface area contributed by atoms with Crippen molar-refractivity contribution in [3.8, 4) is 0 Å². The van der Waals surface area contributed by atoms with Crippen LogP contribution < -0.4 is 5.32 Å². The van der Waals surface area contributed by atoms with Gasteiger partial charge < -0.3 is 10.2 Å². The molecule has 2 aromatic rings. The molecule has 1 aliphatic heterocycles. The molecule has 1 N–H and O–H groups in total. The molecule has 3 rings (SSSR count). The number of hydrogen-bond donors (Lipinski definition) is 1. The average Bonchev–Trinajstić information content (AvgIpc) is 2.66. The Morgan fingerprint density at radius 1 is 1.15 bits per heavy atom. The van der Waals surface area contributed by atoms with Gasteiger partial charge in [-0.3, -0.25) is 0 Å². The summed E-state index contributed by atoms with van der Waals surface area (Å²) in [5.41, 5.74) is 4.48. The minimum atomic E-state index is -1.19. The second kappa shape index (κ2) is 8.17. The minimum absolute atomic E-state index is 0.328. The summed E-state index contributed by atoms with van der Waals surface area (Å²) in [5, 5.41) is 3.18. The Hall–Kier alpha value is -2.27. The van der Waals surface area contributed by atoms with Crippen LogP contribution >= 0.6 is 0 Å². The van der Waals surface area contributed by atoms with E-state index in [0.717, 1.165) is 16.8 Å². The fourth-order valence-corrected chi connectivity index (χ4v) is 3.37. The van der Waals surface area contributed by atoms with Gasteiger partial charge in [0.05, 0.1) is 6.54 Å². The summed E-state index contributed by atoms with van der Waals surface area (Å²) in [4.78, 5) is 10.7. The third-order valence-corrected chi connectivity index (χ3v) is 5.44. The van der Waals surface area contributed by atoms with Gasteiger partial charge >= 0.3 is 0 Å². The normalized spacial score (nSPS) is 16.4. The number of nitrogens with one attached hydrogen (secondary N) is 1. The van der Waals surface area contributed by atoms with Crippen molar-refractivity contribution < 1.29 is 4.39 Å². The molecule has 1 aromatic carbocycles. The highest BCUT2D eigenvalue weighted by Crippen LogP contribution is 2.30. The lowest BCUT2D eigenvalue weighted by molar-refractivity contribution is 0.0800. The monoisotopic (exact) mass is 368 g/mol. The smallest absolute Gasteiger partial charge is 0.141 e. The van der Waals surface area contributed by atoms with Crippen molar-refractivity contribution >= 4 is 5.70 Å². The Bertz CT molecular complexity index is 792. The second-order valence-electron chi connectivity index (χ2n) is 7.66. The summed E-state index contributed by atoms with van der Waals surface area (Å²) in [6.45, 7) is 12.6. The zero-order valence-corrected chi connectivity index (χ0v) is 16.6. The summed E-state index contributed by atoms with van der Waals surface area (Å²) >= 11 is 0. The van der Waals surface area contributed by atoms with Crippen LogP contribution in [0.25, 0.3) is 5.70 Å². The highest BCUT2D eigenvalue weighted by molar-refractivity contribution is 5.63. The second-order valence-corrected chi connectivity index (χ2v) is 7.66. The van der Waals surface area contributed by atoms with Crippen molar-refractivity contribution in [3.63, 3.8) is 0 Å². The standard InChI is InChI=1S/C22H29FN4/c1-16-12-25-21(26-13-16)14-24-15-22(23)7-9-27(10-8-22)19(4)20-6-5-17(2)18(3)11-20/h5-6,11-13,24H,4,7-10,14-15H2,1-3H3. The van der Waals surface area contributed by atoms with Gasteiger partial charge in [-0.1, -0.05) is 18.7 Å². The van der Waals surface area contributed by atoms with Crippen molar-refractivity contribution in [2.45, 2.75) is 45.8 Å². The molecule has 5 heteroatoms. The molecule has 144 valence electrons. The number of aromatic nitrogens is 2. The Labute approximate surface area is 161 Å². The van der Waals surface area contributed by atoms with Gasteiger partial charge in [0, 0.05) is 50.6 Å². The number of halogens is 1. The van der Waals surface area contributed by atoms with Crippen molar-refractivity contribution in [2.75, 3.05) is 19.6 Å². The number of rotatable bonds is 6. The van der Waals surface area contributed by atoms with E-state index in [4.69, 9.17) is 0 Å². The lowest BCUT2D eigenvalue weighted by Crippen LogP contribution is -2.46. The van der Waals surface area contributed by atoms with Crippen LogP contribution in [0.2, 0.25) is 0 Å². The number of benzene rings is 1. The molecule has 2 heterocycles. The highest BCUT2D eigenvalue weighted by atomic mass is 19.1. The van der Waals surface area contributed by atoms with E-state index in [1.54, 1.807) is 12.4 Å².